The zero-order valence-electron chi connectivity index (χ0n) is 19.2. The maximum atomic E-state index is 13.7. The molecular weight excluding hydrogens is 466 g/mol. The van der Waals surface area contributed by atoms with Crippen molar-refractivity contribution in [2.45, 2.75) is 24.5 Å². The quantitative estimate of drug-likeness (QED) is 0.277. The number of amides is 1. The highest BCUT2D eigenvalue weighted by molar-refractivity contribution is 6.24. The molecule has 0 spiro atoms. The summed E-state index contributed by atoms with van der Waals surface area (Å²) in [7, 11) is 6.75. The fourth-order valence-corrected chi connectivity index (χ4v) is 5.65. The molecule has 1 aromatic rings. The highest BCUT2D eigenvalue weighted by atomic mass is 35.5. The number of hydrogen-bond acceptors (Lipinski definition) is 9. The number of nitrogens with two attached hydrogens (primary N) is 1. The van der Waals surface area contributed by atoms with Crippen molar-refractivity contribution < 1.29 is 47.2 Å². The van der Waals surface area contributed by atoms with Gasteiger partial charge < -0.3 is 43.5 Å². The van der Waals surface area contributed by atoms with Crippen LogP contribution in [0, 0.1) is 11.8 Å². The number of aliphatic hydroxyl groups is 3. The number of hydrogen-bond donors (Lipinski definition) is 5. The molecule has 11 heteroatoms. The minimum Gasteiger partial charge on any atom is -1.00 e. The number of halogens is 1. The molecule has 0 aromatic heterocycles. The van der Waals surface area contributed by atoms with E-state index in [2.05, 4.69) is 0 Å². The molecule has 0 aliphatic heterocycles. The summed E-state index contributed by atoms with van der Waals surface area (Å²) in [6.07, 6.45) is 0.324. The van der Waals surface area contributed by atoms with Crippen LogP contribution in [0.4, 0.5) is 5.69 Å². The summed E-state index contributed by atoms with van der Waals surface area (Å²) >= 11 is 0. The molecule has 4 atom stereocenters. The SMILES string of the molecule is CN(C)c1ccc(O)c2c1CC1CC3C(N(C)C)C(=O)C(C(N)=O)=C(O)[C@]3(O)C(=O)C1=C2O.[Cl-]. The predicted octanol–water partition coefficient (Wildman–Crippen LogP) is -2.97. The molecule has 34 heavy (non-hydrogen) atoms. The number of carbonyl (C=O) groups excluding carboxylic acids is 3. The molecule has 3 aliphatic carbocycles. The van der Waals surface area contributed by atoms with Crippen molar-refractivity contribution in [1.29, 1.82) is 0 Å². The third-order valence-corrected chi connectivity index (χ3v) is 7.06. The minimum absolute atomic E-state index is 0. The number of phenols is 1. The molecule has 10 nitrogen and oxygen atoms in total. The van der Waals surface area contributed by atoms with Gasteiger partial charge in [0, 0.05) is 31.3 Å². The molecule has 3 aliphatic rings. The molecule has 1 saturated carbocycles. The second-order valence-corrected chi connectivity index (χ2v) is 9.31. The number of likely N-dealkylation sites (N-methyl/N-ethyl adjacent to an activating group) is 1. The van der Waals surface area contributed by atoms with Crippen LogP contribution in [0.2, 0.25) is 0 Å². The van der Waals surface area contributed by atoms with E-state index in [-0.39, 0.29) is 42.1 Å². The van der Waals surface area contributed by atoms with E-state index in [9.17, 15) is 34.8 Å². The summed E-state index contributed by atoms with van der Waals surface area (Å²) in [5, 5.41) is 43.9. The summed E-state index contributed by atoms with van der Waals surface area (Å²) in [5.74, 6) is -6.54. The molecule has 4 rings (SSSR count). The highest BCUT2D eigenvalue weighted by Gasteiger charge is 2.64. The summed E-state index contributed by atoms with van der Waals surface area (Å²) in [5.41, 5.74) is 3.15. The molecule has 0 heterocycles. The van der Waals surface area contributed by atoms with Crippen molar-refractivity contribution in [3.8, 4) is 5.75 Å². The van der Waals surface area contributed by atoms with Crippen molar-refractivity contribution in [2.24, 2.45) is 17.6 Å². The normalized spacial score (nSPS) is 28.2. The van der Waals surface area contributed by atoms with Gasteiger partial charge in [0.25, 0.3) is 5.91 Å². The van der Waals surface area contributed by atoms with Crippen LogP contribution >= 0.6 is 0 Å². The summed E-state index contributed by atoms with van der Waals surface area (Å²) in [4.78, 5) is 42.0. The molecule has 0 bridgehead atoms. The smallest absolute Gasteiger partial charge is 0.255 e. The maximum absolute atomic E-state index is 13.7. The van der Waals surface area contributed by atoms with Gasteiger partial charge in [0.05, 0.1) is 11.6 Å². The Balaban J connectivity index is 0.00000324. The van der Waals surface area contributed by atoms with Gasteiger partial charge in [-0.3, -0.25) is 19.3 Å². The Bertz CT molecular complexity index is 1170. The molecule has 0 saturated heterocycles. The zero-order chi connectivity index (χ0) is 24.6. The summed E-state index contributed by atoms with van der Waals surface area (Å²) < 4.78 is 0. The highest BCUT2D eigenvalue weighted by Crippen LogP contribution is 2.53. The molecule has 3 unspecified atom stereocenters. The number of anilines is 1. The molecule has 0 radical (unpaired) electrons. The Hall–Kier alpha value is -3.08. The third-order valence-electron chi connectivity index (χ3n) is 7.06. The van der Waals surface area contributed by atoms with E-state index >= 15 is 0 Å². The number of nitrogens with zero attached hydrogens (tertiary/aromatic N) is 2. The van der Waals surface area contributed by atoms with Crippen LogP contribution < -0.4 is 23.0 Å². The van der Waals surface area contributed by atoms with Crippen LogP contribution in [0.15, 0.2) is 29.0 Å². The van der Waals surface area contributed by atoms with Gasteiger partial charge in [0.15, 0.2) is 11.4 Å². The third kappa shape index (κ3) is 3.20. The molecule has 1 amide bonds. The van der Waals surface area contributed by atoms with Crippen LogP contribution in [-0.4, -0.2) is 82.6 Å². The number of aromatic hydroxyl groups is 1. The first-order valence-electron chi connectivity index (χ1n) is 10.5. The van der Waals surface area contributed by atoms with Gasteiger partial charge in [-0.2, -0.15) is 0 Å². The van der Waals surface area contributed by atoms with Gasteiger partial charge in [-0.15, -0.1) is 0 Å². The van der Waals surface area contributed by atoms with Crippen LogP contribution in [0.5, 0.6) is 5.75 Å². The first-order chi connectivity index (χ1) is 15.3. The van der Waals surface area contributed by atoms with Gasteiger partial charge in [-0.1, -0.05) is 0 Å². The number of ketones is 2. The van der Waals surface area contributed by atoms with Crippen LogP contribution in [0.25, 0.3) is 5.76 Å². The van der Waals surface area contributed by atoms with Crippen molar-refractivity contribution in [3.63, 3.8) is 0 Å². The van der Waals surface area contributed by atoms with Gasteiger partial charge >= 0.3 is 0 Å². The minimum atomic E-state index is -2.63. The van der Waals surface area contributed by atoms with Crippen LogP contribution in [-0.2, 0) is 20.8 Å². The monoisotopic (exact) mass is 492 g/mol. The lowest BCUT2D eigenvalue weighted by Gasteiger charge is -2.50. The van der Waals surface area contributed by atoms with Crippen molar-refractivity contribution in [1.82, 2.24) is 4.90 Å². The van der Waals surface area contributed by atoms with Crippen molar-refractivity contribution >= 4 is 28.9 Å². The number of benzene rings is 1. The number of Topliss-reactive ketones (excluding diaryl/α,β-unsaturated/α-hetero) is 2. The molecule has 1 fully saturated rings. The van der Waals surface area contributed by atoms with E-state index in [1.165, 1.54) is 11.0 Å². The Labute approximate surface area is 202 Å². The lowest BCUT2D eigenvalue weighted by Crippen LogP contribution is -3.00. The fraction of sp³-hybridized carbons (Fsp3) is 0.435. The van der Waals surface area contributed by atoms with Gasteiger partial charge in [-0.25, -0.2) is 0 Å². The standard InChI is InChI=1S/C23H27N3O7.ClH/c1-25(2)12-5-6-13(27)15-10(12)7-9-8-11-17(26(3)4)19(29)16(22(24)32)21(31)23(11,33)20(30)14(9)18(15)28;/h5-6,9,11,17,27-28,31,33H,7-8H2,1-4H3,(H2,24,32);1H/p-1/t9?,11?,17?,23-;/m1./s1. The molecule has 184 valence electrons. The largest absolute Gasteiger partial charge is 1.00 e. The maximum Gasteiger partial charge on any atom is 0.255 e. The predicted molar refractivity (Wildman–Crippen MR) is 119 cm³/mol. The van der Waals surface area contributed by atoms with E-state index in [0.717, 1.165) is 5.69 Å². The van der Waals surface area contributed by atoms with E-state index < -0.39 is 58.0 Å². The number of phenolic OH excluding ortho intramolecular Hbond substituents is 1. The van der Waals surface area contributed by atoms with Crippen LogP contribution in [0.1, 0.15) is 17.5 Å². The van der Waals surface area contributed by atoms with Crippen molar-refractivity contribution in [3.05, 3.63) is 40.2 Å². The number of rotatable bonds is 3. The fourth-order valence-electron chi connectivity index (χ4n) is 5.65. The lowest BCUT2D eigenvalue weighted by molar-refractivity contribution is -0.153. The average molecular weight is 493 g/mol. The number of aliphatic hydroxyl groups excluding tert-OH is 2. The summed E-state index contributed by atoms with van der Waals surface area (Å²) in [6.45, 7) is 0. The Morgan fingerprint density at radius 3 is 2.26 bits per heavy atom. The van der Waals surface area contributed by atoms with E-state index in [0.29, 0.717) is 5.56 Å². The molecular formula is C23H27ClN3O7-. The van der Waals surface area contributed by atoms with E-state index in [4.69, 9.17) is 5.73 Å². The lowest BCUT2D eigenvalue weighted by atomic mass is 9.57. The first-order valence-corrected chi connectivity index (χ1v) is 10.5. The summed E-state index contributed by atoms with van der Waals surface area (Å²) in [6, 6.07) is 2.01. The number of primary amides is 1. The molecule has 6 N–H and O–H groups in total. The Kier molecular flexibility index (Phi) is 6.23. The van der Waals surface area contributed by atoms with Crippen molar-refractivity contribution in [2.75, 3.05) is 33.1 Å². The zero-order valence-corrected chi connectivity index (χ0v) is 19.9. The van der Waals surface area contributed by atoms with Crippen LogP contribution in [0.3, 0.4) is 0 Å². The number of fused-ring (bicyclic) bond motifs is 3. The first kappa shape index (κ1) is 25.5. The second kappa shape index (κ2) is 8.30. The van der Waals surface area contributed by atoms with Gasteiger partial charge in [0.1, 0.15) is 22.8 Å². The Morgan fingerprint density at radius 1 is 1.12 bits per heavy atom. The second-order valence-electron chi connectivity index (χ2n) is 9.31. The Morgan fingerprint density at radius 2 is 1.74 bits per heavy atom. The van der Waals surface area contributed by atoms with Gasteiger partial charge in [-0.05, 0) is 50.6 Å². The molecule has 1 aromatic carbocycles. The van der Waals surface area contributed by atoms with E-state index in [1.807, 2.05) is 19.0 Å². The topological polar surface area (TPSA) is 165 Å². The van der Waals surface area contributed by atoms with Gasteiger partial charge in [0.2, 0.25) is 5.78 Å². The van der Waals surface area contributed by atoms with E-state index in [1.54, 1.807) is 20.2 Å². The number of carbonyl (C=O) groups is 3. The average Bonchev–Trinajstić information content (AvgIpc) is 2.70.